The van der Waals surface area contributed by atoms with Crippen molar-refractivity contribution in [2.75, 3.05) is 6.61 Å². The van der Waals surface area contributed by atoms with Gasteiger partial charge in [-0.25, -0.2) is 0 Å². The number of Topliss-reactive ketones (excluding diaryl/α,β-unsaturated/α-hetero) is 1. The van der Waals surface area contributed by atoms with Crippen LogP contribution < -0.4 is 4.74 Å². The van der Waals surface area contributed by atoms with Crippen LogP contribution in [0.15, 0.2) is 18.2 Å². The van der Waals surface area contributed by atoms with Gasteiger partial charge in [0.1, 0.15) is 17.1 Å². The highest BCUT2D eigenvalue weighted by Gasteiger charge is 2.46. The number of nitrogens with zero attached hydrogens (tertiary/aromatic N) is 1. The van der Waals surface area contributed by atoms with Crippen molar-refractivity contribution in [3.8, 4) is 5.75 Å². The molecule has 0 N–H and O–H groups in total. The van der Waals surface area contributed by atoms with Crippen molar-refractivity contribution in [3.05, 3.63) is 39.4 Å². The third kappa shape index (κ3) is 5.13. The lowest BCUT2D eigenvalue weighted by Gasteiger charge is -2.47. The number of benzene rings is 1. The molecule has 0 radical (unpaired) electrons. The molecule has 166 valence electrons. The summed E-state index contributed by atoms with van der Waals surface area (Å²) >= 11 is 0. The van der Waals surface area contributed by atoms with E-state index in [-0.39, 0.29) is 23.5 Å². The van der Waals surface area contributed by atoms with Crippen LogP contribution in [0.1, 0.15) is 96.1 Å². The first-order valence-electron chi connectivity index (χ1n) is 11.2. The molecule has 0 saturated heterocycles. The molecule has 0 spiro atoms. The lowest BCUT2D eigenvalue weighted by Crippen LogP contribution is -2.47. The van der Waals surface area contributed by atoms with Crippen LogP contribution >= 0.6 is 0 Å². The van der Waals surface area contributed by atoms with Crippen LogP contribution in [0.2, 0.25) is 0 Å². The fraction of sp³-hybridized carbons (Fsp3) is 0.708. The van der Waals surface area contributed by atoms with Gasteiger partial charge in [-0.2, -0.15) is 0 Å². The molecular weight excluding hydrogens is 382 g/mol. The molecule has 2 aliphatic rings. The van der Waals surface area contributed by atoms with E-state index in [0.29, 0.717) is 31.0 Å². The number of carbonyl (C=O) groups excluding carboxylic acids is 1. The van der Waals surface area contributed by atoms with Crippen LogP contribution in [-0.2, 0) is 15.0 Å². The summed E-state index contributed by atoms with van der Waals surface area (Å²) in [6, 6.07) is 6.59. The van der Waals surface area contributed by atoms with Gasteiger partial charge >= 0.3 is 0 Å². The van der Waals surface area contributed by atoms with E-state index in [1.165, 1.54) is 11.1 Å². The maximum atomic E-state index is 12.1. The average molecular weight is 418 g/mol. The maximum absolute atomic E-state index is 12.1. The summed E-state index contributed by atoms with van der Waals surface area (Å²) in [5, 5.41) is 9.44. The third-order valence-electron chi connectivity index (χ3n) is 7.02. The number of fused-ring (bicyclic) bond motifs is 3. The number of hydrogen-bond donors (Lipinski definition) is 0. The van der Waals surface area contributed by atoms with E-state index in [9.17, 15) is 14.9 Å². The SMILES string of the molecule is CC(C)(CCCCCCO[N+](=O)[O-])c1ccc2c(c1)OC(C)(C)[C@@H]1CCC(=O)C[C@@H]21. The van der Waals surface area contributed by atoms with Crippen molar-refractivity contribution in [2.45, 2.75) is 96.0 Å². The Hall–Kier alpha value is -2.11. The minimum atomic E-state index is -0.728. The highest BCUT2D eigenvalue weighted by Crippen LogP contribution is 2.51. The van der Waals surface area contributed by atoms with Crippen molar-refractivity contribution >= 4 is 5.78 Å². The van der Waals surface area contributed by atoms with Crippen molar-refractivity contribution < 1.29 is 19.5 Å². The first-order chi connectivity index (χ1) is 14.1. The fourth-order valence-electron chi connectivity index (χ4n) is 5.18. The van der Waals surface area contributed by atoms with Gasteiger partial charge in [-0.05, 0) is 55.7 Å². The lowest BCUT2D eigenvalue weighted by molar-refractivity contribution is -0.757. The standard InChI is InChI=1S/C24H35NO5/c1-23(2,13-7-5-6-8-14-29-25(27)28)17-9-11-19-20-16-18(26)10-12-21(20)24(3,4)30-22(19)15-17/h9,11,15,20-21H,5-8,10,12-14,16H2,1-4H3/t20-,21+/m0/s1. The molecule has 2 atom stereocenters. The van der Waals surface area contributed by atoms with Crippen molar-refractivity contribution in [2.24, 2.45) is 5.92 Å². The van der Waals surface area contributed by atoms with E-state index in [0.717, 1.165) is 37.9 Å². The predicted octanol–water partition coefficient (Wildman–Crippen LogP) is 5.75. The number of rotatable bonds is 9. The van der Waals surface area contributed by atoms with Gasteiger partial charge in [0.25, 0.3) is 5.09 Å². The zero-order chi connectivity index (χ0) is 21.9. The molecule has 0 amide bonds. The average Bonchev–Trinajstić information content (AvgIpc) is 2.66. The predicted molar refractivity (Wildman–Crippen MR) is 115 cm³/mol. The topological polar surface area (TPSA) is 78.7 Å². The Morgan fingerprint density at radius 2 is 1.97 bits per heavy atom. The van der Waals surface area contributed by atoms with E-state index in [1.807, 2.05) is 0 Å². The van der Waals surface area contributed by atoms with Gasteiger partial charge in [-0.3, -0.25) is 4.79 Å². The number of hydrogen-bond acceptors (Lipinski definition) is 5. The largest absolute Gasteiger partial charge is 0.487 e. The smallest absolute Gasteiger partial charge is 0.294 e. The van der Waals surface area contributed by atoms with Crippen molar-refractivity contribution in [3.63, 3.8) is 0 Å². The molecule has 0 aromatic heterocycles. The van der Waals surface area contributed by atoms with E-state index in [4.69, 9.17) is 4.74 Å². The Labute approximate surface area is 179 Å². The third-order valence-corrected chi connectivity index (χ3v) is 7.02. The van der Waals surface area contributed by atoms with Crippen LogP contribution in [0.3, 0.4) is 0 Å². The molecule has 1 fully saturated rings. The molecule has 1 aliphatic heterocycles. The highest BCUT2D eigenvalue weighted by atomic mass is 16.9. The van der Waals surface area contributed by atoms with Crippen LogP contribution in [-0.4, -0.2) is 23.1 Å². The minimum absolute atomic E-state index is 0.0130. The van der Waals surface area contributed by atoms with Gasteiger partial charge in [0, 0.05) is 24.7 Å². The Kier molecular flexibility index (Phi) is 6.73. The Bertz CT molecular complexity index is 786. The fourth-order valence-corrected chi connectivity index (χ4v) is 5.18. The number of ether oxygens (including phenoxy) is 1. The second kappa shape index (κ2) is 8.94. The molecule has 1 heterocycles. The van der Waals surface area contributed by atoms with Gasteiger partial charge in [0.15, 0.2) is 0 Å². The van der Waals surface area contributed by atoms with Gasteiger partial charge in [0.2, 0.25) is 0 Å². The van der Waals surface area contributed by atoms with E-state index < -0.39 is 5.09 Å². The number of ketones is 1. The second-order valence-corrected chi connectivity index (χ2v) is 10.1. The molecule has 3 rings (SSSR count). The first-order valence-corrected chi connectivity index (χ1v) is 11.2. The second-order valence-electron chi connectivity index (χ2n) is 10.1. The Morgan fingerprint density at radius 1 is 1.23 bits per heavy atom. The van der Waals surface area contributed by atoms with Crippen LogP contribution in [0, 0.1) is 16.0 Å². The number of carbonyl (C=O) groups is 1. The van der Waals surface area contributed by atoms with Crippen LogP contribution in [0.4, 0.5) is 0 Å². The summed E-state index contributed by atoms with van der Waals surface area (Å²) < 4.78 is 6.47. The maximum Gasteiger partial charge on any atom is 0.294 e. The quantitative estimate of drug-likeness (QED) is 0.290. The summed E-state index contributed by atoms with van der Waals surface area (Å²) in [5.41, 5.74) is 2.21. The van der Waals surface area contributed by atoms with Gasteiger partial charge in [-0.15, -0.1) is 10.1 Å². The monoisotopic (exact) mass is 417 g/mol. The van der Waals surface area contributed by atoms with E-state index >= 15 is 0 Å². The van der Waals surface area contributed by atoms with E-state index in [1.54, 1.807) is 0 Å². The summed E-state index contributed by atoms with van der Waals surface area (Å²) in [6.07, 6.45) is 7.00. The normalized spacial score (nSPS) is 22.6. The molecule has 1 aromatic rings. The molecule has 0 bridgehead atoms. The first kappa shape index (κ1) is 22.6. The minimum Gasteiger partial charge on any atom is -0.487 e. The van der Waals surface area contributed by atoms with Gasteiger partial charge in [-0.1, -0.05) is 45.2 Å². The van der Waals surface area contributed by atoms with Gasteiger partial charge in [0.05, 0.1) is 6.61 Å². The molecule has 1 aromatic carbocycles. The zero-order valence-corrected chi connectivity index (χ0v) is 18.7. The summed E-state index contributed by atoms with van der Waals surface area (Å²) in [5.74, 6) is 1.97. The summed E-state index contributed by atoms with van der Waals surface area (Å²) in [7, 11) is 0. The van der Waals surface area contributed by atoms with E-state index in [2.05, 4.69) is 50.7 Å². The molecule has 30 heavy (non-hydrogen) atoms. The Morgan fingerprint density at radius 3 is 2.70 bits per heavy atom. The van der Waals surface area contributed by atoms with Crippen molar-refractivity contribution in [1.29, 1.82) is 0 Å². The molecule has 1 aliphatic carbocycles. The summed E-state index contributed by atoms with van der Waals surface area (Å²) in [4.78, 5) is 26.7. The van der Waals surface area contributed by atoms with Crippen LogP contribution in [0.25, 0.3) is 0 Å². The number of unbranched alkanes of at least 4 members (excludes halogenated alkanes) is 3. The van der Waals surface area contributed by atoms with Crippen molar-refractivity contribution in [1.82, 2.24) is 0 Å². The molecule has 6 nitrogen and oxygen atoms in total. The Balaban J connectivity index is 1.63. The highest BCUT2D eigenvalue weighted by molar-refractivity contribution is 5.80. The van der Waals surface area contributed by atoms with Gasteiger partial charge < -0.3 is 9.57 Å². The van der Waals surface area contributed by atoms with Crippen LogP contribution in [0.5, 0.6) is 5.75 Å². The summed E-state index contributed by atoms with van der Waals surface area (Å²) in [6.45, 7) is 9.00. The zero-order valence-electron chi connectivity index (χ0n) is 18.7. The molecule has 6 heteroatoms. The molecule has 0 unspecified atom stereocenters. The molecule has 1 saturated carbocycles. The lowest BCUT2D eigenvalue weighted by atomic mass is 9.66. The molecular formula is C24H35NO5.